The lowest BCUT2D eigenvalue weighted by molar-refractivity contribution is -0.660. The molecular formula is C38H41FNO+. The highest BCUT2D eigenvalue weighted by atomic mass is 19.1. The summed E-state index contributed by atoms with van der Waals surface area (Å²) in [5.74, 6) is 0.639. The van der Waals surface area contributed by atoms with Crippen molar-refractivity contribution >= 4 is 21.9 Å². The van der Waals surface area contributed by atoms with Crippen molar-refractivity contribution in [3.63, 3.8) is 0 Å². The van der Waals surface area contributed by atoms with Crippen LogP contribution in [0.4, 0.5) is 4.39 Å². The van der Waals surface area contributed by atoms with Gasteiger partial charge in [0.15, 0.2) is 6.20 Å². The number of aryl methyl sites for hydroxylation is 3. The summed E-state index contributed by atoms with van der Waals surface area (Å²) in [6.45, 7) is -0.267. The summed E-state index contributed by atoms with van der Waals surface area (Å²) in [5, 5.41) is 1.65. The zero-order valence-electron chi connectivity index (χ0n) is 28.1. The van der Waals surface area contributed by atoms with Gasteiger partial charge in [-0.2, -0.15) is 0 Å². The zero-order chi connectivity index (χ0) is 31.5. The Kier molecular flexibility index (Phi) is 5.81. The predicted molar refractivity (Wildman–Crippen MR) is 166 cm³/mol. The molecule has 2 aromatic heterocycles. The van der Waals surface area contributed by atoms with Crippen LogP contribution in [0.25, 0.3) is 44.3 Å². The molecule has 2 nitrogen and oxygen atoms in total. The Bertz CT molecular complexity index is 1880. The highest BCUT2D eigenvalue weighted by molar-refractivity contribution is 6.13. The summed E-state index contributed by atoms with van der Waals surface area (Å²) in [5.41, 5.74) is 5.89. The number of hydrogen-bond acceptors (Lipinski definition) is 1. The molecule has 0 N–H and O–H groups in total. The van der Waals surface area contributed by atoms with E-state index in [1.807, 2.05) is 54.9 Å². The molecule has 2 fully saturated rings. The third kappa shape index (κ3) is 4.78. The van der Waals surface area contributed by atoms with Crippen LogP contribution in [-0.2, 0) is 7.05 Å². The SMILES string of the molecule is [2H]C([2H])([2H])c1cc[n+](C)c(-c2c(C)ccc3c2oc2c(-c4ccc(C5([2H])CCC(C6CCCCC6)CC5)cc4)c(F)ccc23)c1. The monoisotopic (exact) mass is 550 g/mol. The molecule has 3 aromatic carbocycles. The van der Waals surface area contributed by atoms with Crippen molar-refractivity contribution in [3.05, 3.63) is 89.4 Å². The van der Waals surface area contributed by atoms with E-state index in [0.717, 1.165) is 70.7 Å². The number of aromatic nitrogens is 1. The van der Waals surface area contributed by atoms with E-state index in [0.29, 0.717) is 22.3 Å². The summed E-state index contributed by atoms with van der Waals surface area (Å²) in [6.07, 6.45) is 12.6. The molecule has 7 rings (SSSR count). The molecule has 0 spiro atoms. The number of hydrogen-bond donors (Lipinski definition) is 0. The Morgan fingerprint density at radius 1 is 0.805 bits per heavy atom. The molecule has 0 amide bonds. The molecule has 0 bridgehead atoms. The van der Waals surface area contributed by atoms with Crippen molar-refractivity contribution < 1.29 is 18.9 Å². The topological polar surface area (TPSA) is 17.0 Å². The summed E-state index contributed by atoms with van der Waals surface area (Å²) in [6, 6.07) is 18.5. The normalized spacial score (nSPS) is 23.7. The van der Waals surface area contributed by atoms with Gasteiger partial charge >= 0.3 is 0 Å². The number of furan rings is 1. The second kappa shape index (κ2) is 10.7. The molecule has 3 heteroatoms. The van der Waals surface area contributed by atoms with Gasteiger partial charge in [-0.05, 0) is 91.6 Å². The van der Waals surface area contributed by atoms with Crippen molar-refractivity contribution in [1.82, 2.24) is 0 Å². The molecule has 2 saturated carbocycles. The summed E-state index contributed by atoms with van der Waals surface area (Å²) < 4.78 is 57.3. The van der Waals surface area contributed by atoms with E-state index in [1.54, 1.807) is 24.4 Å². The molecule has 0 radical (unpaired) electrons. The number of halogens is 1. The van der Waals surface area contributed by atoms with Gasteiger partial charge in [0.25, 0.3) is 0 Å². The van der Waals surface area contributed by atoms with Gasteiger partial charge in [-0.3, -0.25) is 0 Å². The maximum Gasteiger partial charge on any atom is 0.216 e. The van der Waals surface area contributed by atoms with Gasteiger partial charge < -0.3 is 4.42 Å². The van der Waals surface area contributed by atoms with Crippen LogP contribution in [0.5, 0.6) is 0 Å². The smallest absolute Gasteiger partial charge is 0.216 e. The fraction of sp³-hybridized carbons (Fsp3) is 0.395. The van der Waals surface area contributed by atoms with Crippen molar-refractivity contribution in [2.24, 2.45) is 18.9 Å². The molecule has 5 aromatic rings. The molecule has 2 aliphatic carbocycles. The van der Waals surface area contributed by atoms with Crippen LogP contribution in [0.1, 0.15) is 85.9 Å². The first-order valence-corrected chi connectivity index (χ1v) is 15.3. The minimum absolute atomic E-state index is 0.254. The maximum atomic E-state index is 15.7. The highest BCUT2D eigenvalue weighted by Gasteiger charge is 2.29. The quantitative estimate of drug-likeness (QED) is 0.203. The molecule has 210 valence electrons. The minimum Gasteiger partial charge on any atom is -0.454 e. The summed E-state index contributed by atoms with van der Waals surface area (Å²) >= 11 is 0. The fourth-order valence-corrected chi connectivity index (χ4v) is 7.61. The van der Waals surface area contributed by atoms with Gasteiger partial charge in [-0.15, -0.1) is 0 Å². The van der Waals surface area contributed by atoms with E-state index in [9.17, 15) is 1.37 Å². The second-order valence-corrected chi connectivity index (χ2v) is 12.4. The average molecular weight is 551 g/mol. The van der Waals surface area contributed by atoms with Crippen LogP contribution >= 0.6 is 0 Å². The molecule has 2 heterocycles. The number of rotatable bonds is 4. The highest BCUT2D eigenvalue weighted by Crippen LogP contribution is 2.44. The van der Waals surface area contributed by atoms with Crippen LogP contribution in [0.3, 0.4) is 0 Å². The molecule has 0 atom stereocenters. The van der Waals surface area contributed by atoms with Gasteiger partial charge in [-0.1, -0.05) is 68.5 Å². The first-order chi connectivity index (χ1) is 21.5. The number of benzene rings is 3. The van der Waals surface area contributed by atoms with Gasteiger partial charge in [-0.25, -0.2) is 8.96 Å². The Morgan fingerprint density at radius 3 is 2.22 bits per heavy atom. The van der Waals surface area contributed by atoms with Crippen LogP contribution in [0.15, 0.2) is 71.3 Å². The summed E-state index contributed by atoms with van der Waals surface area (Å²) in [7, 11) is 1.88. The molecule has 0 unspecified atom stereocenters. The van der Waals surface area contributed by atoms with Gasteiger partial charge in [0, 0.05) is 28.4 Å². The van der Waals surface area contributed by atoms with Gasteiger partial charge in [0.05, 0.1) is 11.1 Å². The van der Waals surface area contributed by atoms with E-state index >= 15 is 4.39 Å². The van der Waals surface area contributed by atoms with Crippen molar-refractivity contribution in [3.8, 4) is 22.4 Å². The Morgan fingerprint density at radius 2 is 1.49 bits per heavy atom. The van der Waals surface area contributed by atoms with Crippen molar-refractivity contribution in [2.45, 2.75) is 77.5 Å². The standard InChI is InChI=1S/C38H41FNO/c1-24-21-22-40(3)34(23-24)35-25(2)9-18-31-32-19-20-33(39)36(38(32)41-37(31)35)30-16-14-29(15-17-30)28-12-10-27(11-13-28)26-7-5-4-6-8-26/h9,14-23,26-28H,4-8,10-13H2,1-3H3/q+1/i1D3,28D. The van der Waals surface area contributed by atoms with E-state index in [1.165, 1.54) is 38.2 Å². The van der Waals surface area contributed by atoms with Gasteiger partial charge in [0.2, 0.25) is 5.69 Å². The number of fused-ring (bicyclic) bond motifs is 3. The Balaban J connectivity index is 1.26. The van der Waals surface area contributed by atoms with Crippen LogP contribution in [-0.4, -0.2) is 0 Å². The Labute approximate surface area is 248 Å². The minimum atomic E-state index is -2.24. The lowest BCUT2D eigenvalue weighted by Crippen LogP contribution is -2.30. The molecule has 2 aliphatic rings. The number of nitrogens with zero attached hydrogens (tertiary/aromatic N) is 1. The summed E-state index contributed by atoms with van der Waals surface area (Å²) in [4.78, 5) is 0. The van der Waals surface area contributed by atoms with E-state index in [-0.39, 0.29) is 11.4 Å². The predicted octanol–water partition coefficient (Wildman–Crippen LogP) is 10.4. The van der Waals surface area contributed by atoms with Crippen LogP contribution in [0.2, 0.25) is 0 Å². The van der Waals surface area contributed by atoms with Crippen LogP contribution < -0.4 is 4.57 Å². The Hall–Kier alpha value is -3.46. The van der Waals surface area contributed by atoms with Crippen molar-refractivity contribution in [2.75, 3.05) is 0 Å². The second-order valence-electron chi connectivity index (χ2n) is 12.4. The largest absolute Gasteiger partial charge is 0.454 e. The molecule has 0 saturated heterocycles. The van der Waals surface area contributed by atoms with E-state index in [4.69, 9.17) is 8.53 Å². The molecular weight excluding hydrogens is 505 g/mol. The first-order valence-electron chi connectivity index (χ1n) is 17.3. The maximum absolute atomic E-state index is 15.7. The van der Waals surface area contributed by atoms with Gasteiger partial charge in [0.1, 0.15) is 24.0 Å². The third-order valence-electron chi connectivity index (χ3n) is 9.91. The fourth-order valence-electron chi connectivity index (χ4n) is 7.61. The van der Waals surface area contributed by atoms with E-state index < -0.39 is 12.7 Å². The first kappa shape index (κ1) is 22.2. The van der Waals surface area contributed by atoms with E-state index in [2.05, 4.69) is 0 Å². The van der Waals surface area contributed by atoms with Crippen LogP contribution in [0, 0.1) is 31.4 Å². The zero-order valence-corrected chi connectivity index (χ0v) is 24.1. The lowest BCUT2D eigenvalue weighted by Gasteiger charge is -2.36. The van der Waals surface area contributed by atoms with Crippen molar-refractivity contribution in [1.29, 1.82) is 0 Å². The molecule has 41 heavy (non-hydrogen) atoms. The lowest BCUT2D eigenvalue weighted by atomic mass is 9.70. The average Bonchev–Trinajstić information content (AvgIpc) is 3.40. The number of pyridine rings is 1. The molecule has 0 aliphatic heterocycles. The third-order valence-corrected chi connectivity index (χ3v) is 9.91.